The third-order valence-electron chi connectivity index (χ3n) is 6.14. The second kappa shape index (κ2) is 11.4. The number of aromatic nitrogens is 2. The van der Waals surface area contributed by atoms with Gasteiger partial charge in [0.15, 0.2) is 10.1 Å². The number of benzene rings is 1. The molecule has 5 rings (SSSR count). The highest BCUT2D eigenvalue weighted by Gasteiger charge is 2.41. The number of nitrogens with zero attached hydrogens (tertiary/aromatic N) is 4. The summed E-state index contributed by atoms with van der Waals surface area (Å²) in [5.41, 5.74) is 9.48. The highest BCUT2D eigenvalue weighted by Crippen LogP contribution is 2.47. The monoisotopic (exact) mass is 577 g/mol. The minimum Gasteiger partial charge on any atom is -0.384 e. The molecule has 0 fully saturated rings. The number of nitrogens with one attached hydrogen (secondary N) is 2. The standard InChI is InChI=1S/C26H23N7O3S3/c1-14(34)29-15-7-9-16(10-8-15)30-21(36)13-38-26-32-31-25(39-26)33-18-4-2-5-19(35)23(18)22(17(12-27)24(33)28)20-6-3-11-37-20/h3,6-11,22H,2,4-5,13,28H2,1H3,(H,29,34)(H,30,36). The van der Waals surface area contributed by atoms with Crippen molar-refractivity contribution in [3.05, 3.63) is 69.3 Å². The number of nitriles is 1. The zero-order chi connectivity index (χ0) is 27.5. The molecule has 1 atom stereocenters. The average molecular weight is 578 g/mol. The van der Waals surface area contributed by atoms with Crippen LogP contribution in [-0.2, 0) is 14.4 Å². The summed E-state index contributed by atoms with van der Waals surface area (Å²) in [7, 11) is 0. The van der Waals surface area contributed by atoms with Gasteiger partial charge < -0.3 is 16.4 Å². The third-order valence-corrected chi connectivity index (χ3v) is 9.12. The van der Waals surface area contributed by atoms with Crippen LogP contribution in [-0.4, -0.2) is 33.5 Å². The molecule has 3 aromatic rings. The first-order valence-electron chi connectivity index (χ1n) is 12.0. The predicted octanol–water partition coefficient (Wildman–Crippen LogP) is 4.59. The van der Waals surface area contributed by atoms with Gasteiger partial charge in [0.2, 0.25) is 16.9 Å². The summed E-state index contributed by atoms with van der Waals surface area (Å²) in [6, 6.07) is 12.9. The van der Waals surface area contributed by atoms with Gasteiger partial charge in [0.1, 0.15) is 5.82 Å². The average Bonchev–Trinajstić information content (AvgIpc) is 3.60. The summed E-state index contributed by atoms with van der Waals surface area (Å²) >= 11 is 3.97. The molecule has 3 heterocycles. The summed E-state index contributed by atoms with van der Waals surface area (Å²) in [4.78, 5) is 39.4. The van der Waals surface area contributed by atoms with E-state index in [4.69, 9.17) is 5.73 Å². The van der Waals surface area contributed by atoms with Gasteiger partial charge in [-0.1, -0.05) is 29.2 Å². The number of rotatable bonds is 7. The number of nitrogens with two attached hydrogens (primary N) is 1. The van der Waals surface area contributed by atoms with Crippen molar-refractivity contribution >= 4 is 68.5 Å². The second-order valence-electron chi connectivity index (χ2n) is 8.78. The second-order valence-corrected chi connectivity index (χ2v) is 11.9. The van der Waals surface area contributed by atoms with E-state index in [1.165, 1.54) is 41.4 Å². The zero-order valence-corrected chi connectivity index (χ0v) is 23.2. The Morgan fingerprint density at radius 1 is 1.18 bits per heavy atom. The number of carbonyl (C=O) groups is 3. The van der Waals surface area contributed by atoms with E-state index < -0.39 is 5.92 Å². The lowest BCUT2D eigenvalue weighted by molar-refractivity contribution is -0.116. The van der Waals surface area contributed by atoms with E-state index in [1.807, 2.05) is 17.5 Å². The highest BCUT2D eigenvalue weighted by molar-refractivity contribution is 8.01. The van der Waals surface area contributed by atoms with Crippen molar-refractivity contribution < 1.29 is 14.4 Å². The third kappa shape index (κ3) is 5.58. The van der Waals surface area contributed by atoms with E-state index in [2.05, 4.69) is 26.9 Å². The number of allylic oxidation sites excluding steroid dienone is 3. The van der Waals surface area contributed by atoms with Crippen molar-refractivity contribution in [3.8, 4) is 6.07 Å². The SMILES string of the molecule is CC(=O)Nc1ccc(NC(=O)CSc2nnc(N3C(N)=C(C#N)C(c4cccs4)C4=C3CCCC4=O)s2)cc1. The van der Waals surface area contributed by atoms with Crippen LogP contribution in [0.2, 0.25) is 0 Å². The molecule has 0 bridgehead atoms. The Kier molecular flexibility index (Phi) is 7.78. The number of ketones is 1. The molecular weight excluding hydrogens is 555 g/mol. The number of anilines is 3. The Morgan fingerprint density at radius 3 is 2.59 bits per heavy atom. The van der Waals surface area contributed by atoms with Gasteiger partial charge in [0.25, 0.3) is 0 Å². The van der Waals surface area contributed by atoms with Gasteiger partial charge in [-0.3, -0.25) is 19.3 Å². The van der Waals surface area contributed by atoms with Gasteiger partial charge in [-0.15, -0.1) is 21.5 Å². The molecule has 0 spiro atoms. The van der Waals surface area contributed by atoms with Crippen molar-refractivity contribution in [1.29, 1.82) is 5.26 Å². The molecule has 198 valence electrons. The van der Waals surface area contributed by atoms with Gasteiger partial charge in [0, 0.05) is 40.9 Å². The van der Waals surface area contributed by atoms with Gasteiger partial charge in [-0.25, -0.2) is 0 Å². The maximum Gasteiger partial charge on any atom is 0.234 e. The summed E-state index contributed by atoms with van der Waals surface area (Å²) in [5, 5.41) is 26.4. The van der Waals surface area contributed by atoms with Crippen LogP contribution < -0.4 is 21.3 Å². The molecule has 2 amide bonds. The molecular formula is C26H23N7O3S3. The first-order valence-corrected chi connectivity index (χ1v) is 14.7. The minimum atomic E-state index is -0.480. The lowest BCUT2D eigenvalue weighted by Gasteiger charge is -2.37. The topological polar surface area (TPSA) is 154 Å². The number of carbonyl (C=O) groups excluding carboxylic acids is 3. The van der Waals surface area contributed by atoms with Crippen LogP contribution in [0.3, 0.4) is 0 Å². The molecule has 1 aliphatic heterocycles. The number of hydrogen-bond acceptors (Lipinski definition) is 11. The molecule has 2 aliphatic rings. The van der Waals surface area contributed by atoms with Gasteiger partial charge in [0.05, 0.1) is 23.3 Å². The number of amides is 2. The van der Waals surface area contributed by atoms with Crippen molar-refractivity contribution in [2.45, 2.75) is 36.4 Å². The number of Topliss-reactive ketones (excluding diaryl/α,β-unsaturated/α-hetero) is 1. The smallest absolute Gasteiger partial charge is 0.234 e. The molecule has 13 heteroatoms. The summed E-state index contributed by atoms with van der Waals surface area (Å²) in [5.74, 6) is -0.515. The Labute approximate surface area is 236 Å². The maximum atomic E-state index is 13.1. The first-order chi connectivity index (χ1) is 18.9. The predicted molar refractivity (Wildman–Crippen MR) is 152 cm³/mol. The lowest BCUT2D eigenvalue weighted by atomic mass is 9.78. The molecule has 0 radical (unpaired) electrons. The Bertz CT molecular complexity index is 1540. The van der Waals surface area contributed by atoms with Crippen molar-refractivity contribution in [2.75, 3.05) is 21.3 Å². The zero-order valence-electron chi connectivity index (χ0n) is 20.8. The van der Waals surface area contributed by atoms with E-state index >= 15 is 0 Å². The molecule has 1 aliphatic carbocycles. The Hall–Kier alpha value is -3.99. The molecule has 39 heavy (non-hydrogen) atoms. The van der Waals surface area contributed by atoms with Crippen LogP contribution in [0.1, 0.15) is 37.0 Å². The van der Waals surface area contributed by atoms with Crippen LogP contribution in [0.25, 0.3) is 0 Å². The number of hydrogen-bond donors (Lipinski definition) is 3. The molecule has 0 saturated carbocycles. The Morgan fingerprint density at radius 2 is 1.92 bits per heavy atom. The van der Waals surface area contributed by atoms with Crippen LogP contribution in [0.5, 0.6) is 0 Å². The normalized spacial score (nSPS) is 17.1. The van der Waals surface area contributed by atoms with E-state index in [9.17, 15) is 19.6 Å². The van der Waals surface area contributed by atoms with Gasteiger partial charge in [-0.05, 0) is 48.6 Å². The number of thiophene rings is 1. The molecule has 2 aromatic heterocycles. The van der Waals surface area contributed by atoms with E-state index in [-0.39, 0.29) is 29.2 Å². The first kappa shape index (κ1) is 26.6. The van der Waals surface area contributed by atoms with E-state index in [0.29, 0.717) is 51.3 Å². The molecule has 0 saturated heterocycles. The van der Waals surface area contributed by atoms with E-state index in [0.717, 1.165) is 10.6 Å². The molecule has 10 nitrogen and oxygen atoms in total. The minimum absolute atomic E-state index is 0.0146. The summed E-state index contributed by atoms with van der Waals surface area (Å²) in [6.45, 7) is 1.43. The summed E-state index contributed by atoms with van der Waals surface area (Å²) < 4.78 is 0.553. The number of thioether (sulfide) groups is 1. The van der Waals surface area contributed by atoms with Crippen molar-refractivity contribution in [2.24, 2.45) is 5.73 Å². The fourth-order valence-electron chi connectivity index (χ4n) is 4.56. The van der Waals surface area contributed by atoms with E-state index in [1.54, 1.807) is 29.2 Å². The van der Waals surface area contributed by atoms with Crippen molar-refractivity contribution in [1.82, 2.24) is 10.2 Å². The fraction of sp³-hybridized carbons (Fsp3) is 0.231. The molecule has 1 unspecified atom stereocenters. The van der Waals surface area contributed by atoms with Crippen LogP contribution in [0, 0.1) is 11.3 Å². The lowest BCUT2D eigenvalue weighted by Crippen LogP contribution is -2.38. The van der Waals surface area contributed by atoms with Crippen molar-refractivity contribution in [3.63, 3.8) is 0 Å². The summed E-state index contributed by atoms with van der Waals surface area (Å²) in [6.07, 6.45) is 1.75. The van der Waals surface area contributed by atoms with Gasteiger partial charge in [-0.2, -0.15) is 5.26 Å². The van der Waals surface area contributed by atoms with Crippen LogP contribution in [0.15, 0.2) is 68.8 Å². The maximum absolute atomic E-state index is 13.1. The fourth-order valence-corrected chi connectivity index (χ4v) is 7.08. The van der Waals surface area contributed by atoms with Crippen LogP contribution in [0.4, 0.5) is 16.5 Å². The quantitative estimate of drug-likeness (QED) is 0.342. The highest BCUT2D eigenvalue weighted by atomic mass is 32.2. The van der Waals surface area contributed by atoms with Gasteiger partial charge >= 0.3 is 0 Å². The molecule has 1 aromatic carbocycles. The van der Waals surface area contributed by atoms with Crippen LogP contribution >= 0.6 is 34.4 Å². The molecule has 4 N–H and O–H groups in total. The largest absolute Gasteiger partial charge is 0.384 e. The Balaban J connectivity index is 1.33.